The maximum atomic E-state index is 11.4. The Morgan fingerprint density at radius 1 is 1.31 bits per heavy atom. The van der Waals surface area contributed by atoms with Crippen LogP contribution in [0.3, 0.4) is 0 Å². The van der Waals surface area contributed by atoms with Gasteiger partial charge >= 0.3 is 0 Å². The van der Waals surface area contributed by atoms with Gasteiger partial charge in [-0.2, -0.15) is 0 Å². The molecule has 0 aliphatic rings. The van der Waals surface area contributed by atoms with Gasteiger partial charge in [0.1, 0.15) is 5.75 Å². The Labute approximate surface area is 97.6 Å². The fourth-order valence-corrected chi connectivity index (χ4v) is 1.57. The first-order valence-electron chi connectivity index (χ1n) is 5.89. The highest BCUT2D eigenvalue weighted by Gasteiger charge is 2.08. The molecule has 0 amide bonds. The molecule has 1 aromatic carbocycles. The number of rotatable bonds is 6. The molecular formula is C14H20O2. The molecule has 0 aromatic heterocycles. The molecular weight excluding hydrogens is 200 g/mol. The lowest BCUT2D eigenvalue weighted by Gasteiger charge is -2.10. The molecule has 0 radical (unpaired) electrons. The van der Waals surface area contributed by atoms with Crippen molar-refractivity contribution in [2.75, 3.05) is 6.61 Å². The molecule has 16 heavy (non-hydrogen) atoms. The third kappa shape index (κ3) is 3.69. The van der Waals surface area contributed by atoms with E-state index in [0.29, 0.717) is 12.2 Å². The highest BCUT2D eigenvalue weighted by atomic mass is 16.5. The zero-order valence-corrected chi connectivity index (χ0v) is 10.4. The third-order valence-corrected chi connectivity index (χ3v) is 2.52. The number of hydrogen-bond acceptors (Lipinski definition) is 2. The standard InChI is InChI=1S/C14H20O2/c1-4-5-6-9-16-14-10-11(2)7-8-13(14)12(3)15/h7-8,10H,4-6,9H2,1-3H3. The van der Waals surface area contributed by atoms with E-state index in [1.165, 1.54) is 12.8 Å². The molecule has 0 saturated heterocycles. The van der Waals surface area contributed by atoms with Gasteiger partial charge < -0.3 is 4.74 Å². The van der Waals surface area contributed by atoms with Crippen LogP contribution in [0, 0.1) is 6.92 Å². The predicted molar refractivity (Wildman–Crippen MR) is 66.2 cm³/mol. The van der Waals surface area contributed by atoms with Crippen LogP contribution in [-0.4, -0.2) is 12.4 Å². The number of ketones is 1. The molecule has 1 aromatic rings. The van der Waals surface area contributed by atoms with Crippen molar-refractivity contribution in [1.82, 2.24) is 0 Å². The van der Waals surface area contributed by atoms with E-state index in [1.54, 1.807) is 6.92 Å². The Balaban J connectivity index is 2.68. The molecule has 0 N–H and O–H groups in total. The number of unbranched alkanes of at least 4 members (excludes halogenated alkanes) is 2. The number of carbonyl (C=O) groups excluding carboxylic acids is 1. The maximum Gasteiger partial charge on any atom is 0.163 e. The first-order valence-corrected chi connectivity index (χ1v) is 5.89. The van der Waals surface area contributed by atoms with Gasteiger partial charge in [-0.25, -0.2) is 0 Å². The van der Waals surface area contributed by atoms with Crippen LogP contribution in [0.1, 0.15) is 49.0 Å². The van der Waals surface area contributed by atoms with Gasteiger partial charge in [0.15, 0.2) is 5.78 Å². The summed E-state index contributed by atoms with van der Waals surface area (Å²) in [6.07, 6.45) is 3.39. The lowest BCUT2D eigenvalue weighted by molar-refractivity contribution is 0.101. The van der Waals surface area contributed by atoms with E-state index in [2.05, 4.69) is 6.92 Å². The SMILES string of the molecule is CCCCCOc1cc(C)ccc1C(C)=O. The fraction of sp³-hybridized carbons (Fsp3) is 0.500. The monoisotopic (exact) mass is 220 g/mol. The van der Waals surface area contributed by atoms with Crippen LogP contribution in [-0.2, 0) is 0 Å². The first-order chi connectivity index (χ1) is 7.65. The number of aryl methyl sites for hydroxylation is 1. The van der Waals surface area contributed by atoms with Crippen LogP contribution in [0.2, 0.25) is 0 Å². The van der Waals surface area contributed by atoms with E-state index in [1.807, 2.05) is 25.1 Å². The van der Waals surface area contributed by atoms with Crippen LogP contribution < -0.4 is 4.74 Å². The van der Waals surface area contributed by atoms with E-state index in [4.69, 9.17) is 4.74 Å². The van der Waals surface area contributed by atoms with Crippen molar-refractivity contribution in [2.45, 2.75) is 40.0 Å². The van der Waals surface area contributed by atoms with E-state index >= 15 is 0 Å². The Bertz CT molecular complexity index is 356. The number of carbonyl (C=O) groups is 1. The van der Waals surface area contributed by atoms with Crippen molar-refractivity contribution in [1.29, 1.82) is 0 Å². The third-order valence-electron chi connectivity index (χ3n) is 2.52. The molecule has 1 rings (SSSR count). The largest absolute Gasteiger partial charge is 0.493 e. The van der Waals surface area contributed by atoms with Crippen LogP contribution >= 0.6 is 0 Å². The molecule has 0 aliphatic carbocycles. The molecule has 0 unspecified atom stereocenters. The van der Waals surface area contributed by atoms with Gasteiger partial charge in [-0.1, -0.05) is 25.8 Å². The van der Waals surface area contributed by atoms with Gasteiger partial charge in [0.25, 0.3) is 0 Å². The Morgan fingerprint density at radius 2 is 2.06 bits per heavy atom. The lowest BCUT2D eigenvalue weighted by Crippen LogP contribution is -2.03. The molecule has 2 nitrogen and oxygen atoms in total. The van der Waals surface area contributed by atoms with Crippen LogP contribution in [0.25, 0.3) is 0 Å². The molecule has 0 bridgehead atoms. The lowest BCUT2D eigenvalue weighted by atomic mass is 10.1. The van der Waals surface area contributed by atoms with Crippen molar-refractivity contribution in [3.63, 3.8) is 0 Å². The molecule has 0 atom stereocenters. The highest BCUT2D eigenvalue weighted by Crippen LogP contribution is 2.21. The van der Waals surface area contributed by atoms with Crippen molar-refractivity contribution in [3.05, 3.63) is 29.3 Å². The normalized spacial score (nSPS) is 10.2. The second-order valence-electron chi connectivity index (χ2n) is 4.11. The summed E-state index contributed by atoms with van der Waals surface area (Å²) in [6, 6.07) is 5.71. The quantitative estimate of drug-likeness (QED) is 0.539. The van der Waals surface area contributed by atoms with Crippen molar-refractivity contribution in [3.8, 4) is 5.75 Å². The number of ether oxygens (including phenoxy) is 1. The Hall–Kier alpha value is -1.31. The Morgan fingerprint density at radius 3 is 2.69 bits per heavy atom. The van der Waals surface area contributed by atoms with Crippen molar-refractivity contribution < 1.29 is 9.53 Å². The zero-order valence-electron chi connectivity index (χ0n) is 10.4. The minimum Gasteiger partial charge on any atom is -0.493 e. The van der Waals surface area contributed by atoms with Gasteiger partial charge in [-0.3, -0.25) is 4.79 Å². The van der Waals surface area contributed by atoms with Gasteiger partial charge in [0.2, 0.25) is 0 Å². The highest BCUT2D eigenvalue weighted by molar-refractivity contribution is 5.96. The van der Waals surface area contributed by atoms with Crippen LogP contribution in [0.4, 0.5) is 0 Å². The zero-order chi connectivity index (χ0) is 12.0. The molecule has 0 aliphatic heterocycles. The summed E-state index contributed by atoms with van der Waals surface area (Å²) in [6.45, 7) is 6.43. The van der Waals surface area contributed by atoms with E-state index in [9.17, 15) is 4.79 Å². The molecule has 0 fully saturated rings. The molecule has 0 saturated carbocycles. The van der Waals surface area contributed by atoms with Crippen molar-refractivity contribution >= 4 is 5.78 Å². The minimum absolute atomic E-state index is 0.0606. The van der Waals surface area contributed by atoms with E-state index < -0.39 is 0 Å². The predicted octanol–water partition coefficient (Wildman–Crippen LogP) is 3.77. The van der Waals surface area contributed by atoms with E-state index in [0.717, 1.165) is 17.7 Å². The fourth-order valence-electron chi connectivity index (χ4n) is 1.57. The summed E-state index contributed by atoms with van der Waals surface area (Å²) >= 11 is 0. The van der Waals surface area contributed by atoms with Gasteiger partial charge in [0.05, 0.1) is 12.2 Å². The molecule has 0 heterocycles. The summed E-state index contributed by atoms with van der Waals surface area (Å²) in [5.74, 6) is 0.786. The summed E-state index contributed by atoms with van der Waals surface area (Å²) in [5, 5.41) is 0. The number of hydrogen-bond donors (Lipinski definition) is 0. The number of benzene rings is 1. The van der Waals surface area contributed by atoms with E-state index in [-0.39, 0.29) is 5.78 Å². The van der Waals surface area contributed by atoms with Crippen molar-refractivity contribution in [2.24, 2.45) is 0 Å². The second kappa shape index (κ2) is 6.31. The average Bonchev–Trinajstić information content (AvgIpc) is 2.24. The number of Topliss-reactive ketones (excluding diaryl/α,β-unsaturated/α-hetero) is 1. The minimum atomic E-state index is 0.0606. The average molecular weight is 220 g/mol. The van der Waals surface area contributed by atoms with Gasteiger partial charge in [-0.05, 0) is 38.0 Å². The summed E-state index contributed by atoms with van der Waals surface area (Å²) in [5.41, 5.74) is 1.80. The molecule has 2 heteroatoms. The second-order valence-corrected chi connectivity index (χ2v) is 4.11. The topological polar surface area (TPSA) is 26.3 Å². The first kappa shape index (κ1) is 12.8. The Kier molecular flexibility index (Phi) is 5.03. The smallest absolute Gasteiger partial charge is 0.163 e. The van der Waals surface area contributed by atoms with Gasteiger partial charge in [-0.15, -0.1) is 0 Å². The van der Waals surface area contributed by atoms with Crippen LogP contribution in [0.15, 0.2) is 18.2 Å². The summed E-state index contributed by atoms with van der Waals surface area (Å²) < 4.78 is 5.66. The summed E-state index contributed by atoms with van der Waals surface area (Å²) in [7, 11) is 0. The molecule has 0 spiro atoms. The summed E-state index contributed by atoms with van der Waals surface area (Å²) in [4.78, 5) is 11.4. The van der Waals surface area contributed by atoms with Crippen LogP contribution in [0.5, 0.6) is 5.75 Å². The maximum absolute atomic E-state index is 11.4. The molecule has 88 valence electrons. The van der Waals surface area contributed by atoms with Gasteiger partial charge in [0, 0.05) is 0 Å².